The molecule has 1 saturated heterocycles. The van der Waals surface area contributed by atoms with Crippen molar-refractivity contribution in [3.8, 4) is 0 Å². The monoisotopic (exact) mass is 268 g/mol. The fraction of sp³-hybridized carbons (Fsp3) is 0.692. The lowest BCUT2D eigenvalue weighted by Crippen LogP contribution is -2.34. The number of anilines is 1. The third kappa shape index (κ3) is 2.45. The molecule has 0 spiro atoms. The van der Waals surface area contributed by atoms with Crippen molar-refractivity contribution in [2.75, 3.05) is 32.1 Å². The van der Waals surface area contributed by atoms with Crippen molar-refractivity contribution in [3.05, 3.63) is 16.5 Å². The number of hydrogen-bond donors (Lipinski definition) is 0. The van der Waals surface area contributed by atoms with Gasteiger partial charge >= 0.3 is 0 Å². The highest BCUT2D eigenvalue weighted by Crippen LogP contribution is 2.29. The molecular weight excluding hydrogens is 248 g/mol. The lowest BCUT2D eigenvalue weighted by Gasteiger charge is -2.23. The van der Waals surface area contributed by atoms with Crippen LogP contribution in [0.3, 0.4) is 0 Å². The number of nitrogens with zero attached hydrogens (tertiary/aromatic N) is 4. The Morgan fingerprint density at radius 2 is 1.78 bits per heavy atom. The summed E-state index contributed by atoms with van der Waals surface area (Å²) >= 11 is 6.23. The number of halogens is 1. The second-order valence-corrected chi connectivity index (χ2v) is 5.78. The third-order valence-electron chi connectivity index (χ3n) is 3.78. The van der Waals surface area contributed by atoms with Crippen LogP contribution in [0.4, 0.5) is 5.82 Å². The van der Waals surface area contributed by atoms with Gasteiger partial charge in [0.1, 0.15) is 0 Å². The quantitative estimate of drug-likeness (QED) is 0.823. The van der Waals surface area contributed by atoms with Crippen LogP contribution in [-0.4, -0.2) is 48.1 Å². The predicted molar refractivity (Wildman–Crippen MR) is 75.4 cm³/mol. The van der Waals surface area contributed by atoms with Crippen LogP contribution in [0.5, 0.6) is 0 Å². The van der Waals surface area contributed by atoms with Gasteiger partial charge in [-0.1, -0.05) is 18.5 Å². The normalized spacial score (nSPS) is 24.1. The topological polar surface area (TPSA) is 32.3 Å². The Bertz CT molecular complexity index is 447. The average molecular weight is 269 g/mol. The van der Waals surface area contributed by atoms with Crippen molar-refractivity contribution in [1.82, 2.24) is 14.9 Å². The number of rotatable bonds is 2. The predicted octanol–water partition coefficient (Wildman–Crippen LogP) is 2.13. The first-order chi connectivity index (χ1) is 8.40. The molecule has 0 saturated carbocycles. The maximum absolute atomic E-state index is 6.23. The van der Waals surface area contributed by atoms with Crippen LogP contribution in [0.15, 0.2) is 0 Å². The molecule has 1 aliphatic heterocycles. The van der Waals surface area contributed by atoms with E-state index in [1.165, 1.54) is 0 Å². The van der Waals surface area contributed by atoms with E-state index in [1.54, 1.807) is 0 Å². The van der Waals surface area contributed by atoms with Crippen LogP contribution in [-0.2, 0) is 0 Å². The first kappa shape index (κ1) is 13.6. The molecule has 0 aliphatic carbocycles. The van der Waals surface area contributed by atoms with Crippen LogP contribution >= 0.6 is 11.6 Å². The van der Waals surface area contributed by atoms with Gasteiger partial charge in [-0.3, -0.25) is 0 Å². The first-order valence-electron chi connectivity index (χ1n) is 6.32. The second kappa shape index (κ2) is 5.02. The minimum atomic E-state index is 0.518. The highest BCUT2D eigenvalue weighted by atomic mass is 35.5. The minimum absolute atomic E-state index is 0.518. The van der Waals surface area contributed by atoms with E-state index in [2.05, 4.69) is 40.8 Å². The van der Waals surface area contributed by atoms with Crippen LogP contribution < -0.4 is 4.90 Å². The highest BCUT2D eigenvalue weighted by Gasteiger charge is 2.33. The summed E-state index contributed by atoms with van der Waals surface area (Å²) in [7, 11) is 4.25. The number of hydrogen-bond acceptors (Lipinski definition) is 4. The SMILES string of the molecule is Cc1nc(Cl)c(N2CC(C)C(N(C)C)C2)nc1C. The molecule has 0 aromatic carbocycles. The molecule has 2 unspecified atom stereocenters. The molecule has 1 aliphatic rings. The van der Waals surface area contributed by atoms with E-state index in [0.717, 1.165) is 30.3 Å². The van der Waals surface area contributed by atoms with E-state index >= 15 is 0 Å². The average Bonchev–Trinajstić information content (AvgIpc) is 2.65. The van der Waals surface area contributed by atoms with Crippen LogP contribution in [0.25, 0.3) is 0 Å². The summed E-state index contributed by atoms with van der Waals surface area (Å²) in [6.07, 6.45) is 0. The Hall–Kier alpha value is -0.870. The van der Waals surface area contributed by atoms with Gasteiger partial charge in [-0.15, -0.1) is 0 Å². The zero-order valence-electron chi connectivity index (χ0n) is 11.7. The van der Waals surface area contributed by atoms with Gasteiger partial charge in [-0.05, 0) is 33.9 Å². The first-order valence-corrected chi connectivity index (χ1v) is 6.70. The van der Waals surface area contributed by atoms with E-state index in [9.17, 15) is 0 Å². The zero-order chi connectivity index (χ0) is 13.4. The lowest BCUT2D eigenvalue weighted by atomic mass is 10.1. The second-order valence-electron chi connectivity index (χ2n) is 5.42. The number of aryl methyl sites for hydroxylation is 2. The van der Waals surface area contributed by atoms with E-state index in [4.69, 9.17) is 11.6 Å². The molecule has 0 amide bonds. The van der Waals surface area contributed by atoms with Crippen molar-refractivity contribution in [2.24, 2.45) is 5.92 Å². The molecule has 0 radical (unpaired) electrons. The smallest absolute Gasteiger partial charge is 0.171 e. The fourth-order valence-electron chi connectivity index (χ4n) is 2.56. The van der Waals surface area contributed by atoms with E-state index in [0.29, 0.717) is 17.1 Å². The third-order valence-corrected chi connectivity index (χ3v) is 4.04. The zero-order valence-corrected chi connectivity index (χ0v) is 12.5. The highest BCUT2D eigenvalue weighted by molar-refractivity contribution is 6.31. The van der Waals surface area contributed by atoms with Crippen LogP contribution in [0, 0.1) is 19.8 Å². The standard InChI is InChI=1S/C13H21ClN4/c1-8-6-18(7-11(8)17(4)5)13-12(14)15-9(2)10(3)16-13/h8,11H,6-7H2,1-5H3. The van der Waals surface area contributed by atoms with Crippen LogP contribution in [0.1, 0.15) is 18.3 Å². The van der Waals surface area contributed by atoms with Crippen molar-refractivity contribution in [1.29, 1.82) is 0 Å². The van der Waals surface area contributed by atoms with Gasteiger partial charge in [0, 0.05) is 19.1 Å². The molecule has 100 valence electrons. The maximum Gasteiger partial charge on any atom is 0.171 e. The van der Waals surface area contributed by atoms with E-state index < -0.39 is 0 Å². The maximum atomic E-state index is 6.23. The van der Waals surface area contributed by atoms with Gasteiger partial charge in [0.05, 0.1) is 11.4 Å². The molecular formula is C13H21ClN4. The Balaban J connectivity index is 2.26. The Morgan fingerprint density at radius 1 is 1.17 bits per heavy atom. The minimum Gasteiger partial charge on any atom is -0.352 e. The summed E-state index contributed by atoms with van der Waals surface area (Å²) < 4.78 is 0. The summed E-state index contributed by atoms with van der Waals surface area (Å²) in [6.45, 7) is 8.14. The van der Waals surface area contributed by atoms with Gasteiger partial charge in [-0.25, -0.2) is 9.97 Å². The van der Waals surface area contributed by atoms with Gasteiger partial charge in [-0.2, -0.15) is 0 Å². The largest absolute Gasteiger partial charge is 0.352 e. The van der Waals surface area contributed by atoms with Gasteiger partial charge < -0.3 is 9.80 Å². The molecule has 2 heterocycles. The molecule has 0 N–H and O–H groups in total. The van der Waals surface area contributed by atoms with Crippen molar-refractivity contribution < 1.29 is 0 Å². The van der Waals surface area contributed by atoms with Crippen molar-refractivity contribution in [3.63, 3.8) is 0 Å². The molecule has 4 nitrogen and oxygen atoms in total. The summed E-state index contributed by atoms with van der Waals surface area (Å²) in [4.78, 5) is 13.5. The fourth-order valence-corrected chi connectivity index (χ4v) is 2.85. The molecule has 1 aromatic rings. The molecule has 0 bridgehead atoms. The van der Waals surface area contributed by atoms with Gasteiger partial charge in [0.15, 0.2) is 11.0 Å². The van der Waals surface area contributed by atoms with Gasteiger partial charge in [0.25, 0.3) is 0 Å². The Kier molecular flexibility index (Phi) is 3.78. The molecule has 1 fully saturated rings. The molecule has 5 heteroatoms. The summed E-state index contributed by atoms with van der Waals surface area (Å²) in [5, 5.41) is 0.518. The van der Waals surface area contributed by atoms with Crippen molar-refractivity contribution in [2.45, 2.75) is 26.8 Å². The lowest BCUT2D eigenvalue weighted by molar-refractivity contribution is 0.266. The molecule has 2 atom stereocenters. The van der Waals surface area contributed by atoms with Gasteiger partial charge in [0.2, 0.25) is 0 Å². The number of aromatic nitrogens is 2. The molecule has 18 heavy (non-hydrogen) atoms. The molecule has 2 rings (SSSR count). The Morgan fingerprint density at radius 3 is 2.33 bits per heavy atom. The van der Waals surface area contributed by atoms with Crippen LogP contribution in [0.2, 0.25) is 5.15 Å². The Labute approximate surface area is 114 Å². The molecule has 1 aromatic heterocycles. The summed E-state index contributed by atoms with van der Waals surface area (Å²) in [5.41, 5.74) is 1.86. The number of likely N-dealkylation sites (N-methyl/N-ethyl adjacent to an activating group) is 1. The van der Waals surface area contributed by atoms with E-state index in [-0.39, 0.29) is 0 Å². The van der Waals surface area contributed by atoms with E-state index in [1.807, 2.05) is 13.8 Å². The summed E-state index contributed by atoms with van der Waals surface area (Å²) in [6, 6.07) is 0.546. The van der Waals surface area contributed by atoms with Crippen molar-refractivity contribution >= 4 is 17.4 Å². The summed E-state index contributed by atoms with van der Waals surface area (Å²) in [5.74, 6) is 1.44.